The number of hydroxylamine groups is 1. The predicted molar refractivity (Wildman–Crippen MR) is 79.7 cm³/mol. The summed E-state index contributed by atoms with van der Waals surface area (Å²) in [5, 5.41) is 17.9. The van der Waals surface area contributed by atoms with E-state index in [9.17, 15) is 14.4 Å². The molecule has 0 bridgehead atoms. The van der Waals surface area contributed by atoms with E-state index in [1.54, 1.807) is 0 Å². The number of hydrogen-bond acceptors (Lipinski definition) is 5. The minimum Gasteiger partial charge on any atom is -0.479 e. The summed E-state index contributed by atoms with van der Waals surface area (Å²) in [7, 11) is 0. The number of aliphatic carboxylic acids is 1. The van der Waals surface area contributed by atoms with Crippen LogP contribution < -0.4 is 5.48 Å². The molecule has 0 aromatic heterocycles. The molecule has 1 unspecified atom stereocenters. The first-order valence-electron chi connectivity index (χ1n) is 6.65. The van der Waals surface area contributed by atoms with Gasteiger partial charge in [0.05, 0.1) is 11.1 Å². The van der Waals surface area contributed by atoms with Crippen LogP contribution in [0.5, 0.6) is 0 Å². The van der Waals surface area contributed by atoms with Gasteiger partial charge in [0.1, 0.15) is 0 Å². The molecule has 1 atom stereocenters. The second-order valence-electron chi connectivity index (χ2n) is 4.43. The van der Waals surface area contributed by atoms with E-state index in [2.05, 4.69) is 9.88 Å². The normalized spacial score (nSPS) is 11.2. The number of unbranched alkanes of at least 4 members (excludes halogenated alkanes) is 1. The van der Waals surface area contributed by atoms with Crippen LogP contribution in [0.15, 0.2) is 24.3 Å². The second kappa shape index (κ2) is 11.1. The van der Waals surface area contributed by atoms with Crippen LogP contribution >= 0.6 is 0 Å². The fourth-order valence-electron chi connectivity index (χ4n) is 1.64. The summed E-state index contributed by atoms with van der Waals surface area (Å²) in [5.41, 5.74) is 1.54. The molecule has 0 fully saturated rings. The Morgan fingerprint density at radius 2 is 1.78 bits per heavy atom. The van der Waals surface area contributed by atoms with Crippen molar-refractivity contribution in [1.29, 1.82) is 0 Å². The van der Waals surface area contributed by atoms with Gasteiger partial charge in [-0.1, -0.05) is 31.9 Å². The minimum absolute atomic E-state index is 0. The summed E-state index contributed by atoms with van der Waals surface area (Å²) >= 11 is 0. The smallest absolute Gasteiger partial charge is 0.336 e. The number of hydrogen-bond donors (Lipinski definition) is 3. The third kappa shape index (κ3) is 7.10. The van der Waals surface area contributed by atoms with Crippen LogP contribution in [0.1, 0.15) is 46.9 Å². The molecular weight excluding hydrogens is 317 g/mol. The van der Waals surface area contributed by atoms with Gasteiger partial charge in [-0.2, -0.15) is 10.4 Å². The molecular formula is C14H17NNaO7. The predicted octanol–water partition coefficient (Wildman–Crippen LogP) is 1.24. The van der Waals surface area contributed by atoms with Gasteiger partial charge in [-0.05, 0) is 18.6 Å². The van der Waals surface area contributed by atoms with Gasteiger partial charge in [-0.15, -0.1) is 4.99 Å². The summed E-state index contributed by atoms with van der Waals surface area (Å²) in [4.78, 5) is 42.7. The number of carbonyl (C=O) groups is 3. The topological polar surface area (TPSA) is 122 Å². The van der Waals surface area contributed by atoms with Crippen LogP contribution in [0.4, 0.5) is 0 Å². The maximum absolute atomic E-state index is 11.8. The van der Waals surface area contributed by atoms with E-state index >= 15 is 0 Å². The number of carboxylic acids is 2. The quantitative estimate of drug-likeness (QED) is 0.353. The maximum Gasteiger partial charge on any atom is 0.336 e. The SMILES string of the molecule is CCCCC(OONC(=O)c1ccccc1C(=O)O)C(=O)O.[Na]. The largest absolute Gasteiger partial charge is 0.479 e. The number of amides is 1. The molecule has 0 heterocycles. The number of rotatable bonds is 9. The van der Waals surface area contributed by atoms with Crippen molar-refractivity contribution in [2.24, 2.45) is 0 Å². The van der Waals surface area contributed by atoms with Crippen molar-refractivity contribution in [3.05, 3.63) is 35.4 Å². The summed E-state index contributed by atoms with van der Waals surface area (Å²) in [6.07, 6.45) is 0.421. The molecule has 1 radical (unpaired) electrons. The van der Waals surface area contributed by atoms with E-state index in [4.69, 9.17) is 10.2 Å². The Hall–Kier alpha value is -1.45. The van der Waals surface area contributed by atoms with E-state index in [0.717, 1.165) is 6.42 Å². The number of carbonyl (C=O) groups excluding carboxylic acids is 1. The molecule has 8 nitrogen and oxygen atoms in total. The van der Waals surface area contributed by atoms with Gasteiger partial charge in [-0.3, -0.25) is 4.79 Å². The molecule has 0 saturated heterocycles. The maximum atomic E-state index is 11.8. The monoisotopic (exact) mass is 334 g/mol. The summed E-state index contributed by atoms with van der Waals surface area (Å²) in [5.74, 6) is -3.33. The minimum atomic E-state index is -1.27. The van der Waals surface area contributed by atoms with Crippen LogP contribution in [0.25, 0.3) is 0 Å². The van der Waals surface area contributed by atoms with Crippen LogP contribution in [0, 0.1) is 0 Å². The van der Waals surface area contributed by atoms with E-state index < -0.39 is 23.9 Å². The molecule has 0 spiro atoms. The number of benzene rings is 1. The Bertz CT molecular complexity index is 550. The average molecular weight is 334 g/mol. The molecule has 0 aliphatic carbocycles. The van der Waals surface area contributed by atoms with Gasteiger partial charge in [-0.25, -0.2) is 9.59 Å². The molecule has 1 aromatic rings. The third-order valence-corrected chi connectivity index (χ3v) is 2.80. The van der Waals surface area contributed by atoms with Crippen molar-refractivity contribution in [2.45, 2.75) is 32.3 Å². The first-order valence-corrected chi connectivity index (χ1v) is 6.65. The van der Waals surface area contributed by atoms with Gasteiger partial charge in [0.2, 0.25) is 0 Å². The van der Waals surface area contributed by atoms with Crippen LogP contribution in [-0.4, -0.2) is 63.7 Å². The molecule has 0 aliphatic heterocycles. The van der Waals surface area contributed by atoms with E-state index in [-0.39, 0.29) is 47.1 Å². The summed E-state index contributed by atoms with van der Waals surface area (Å²) in [6, 6.07) is 5.53. The van der Waals surface area contributed by atoms with Crippen molar-refractivity contribution in [1.82, 2.24) is 5.48 Å². The van der Waals surface area contributed by atoms with Crippen molar-refractivity contribution < 1.29 is 34.5 Å². The molecule has 1 aromatic carbocycles. The van der Waals surface area contributed by atoms with Crippen molar-refractivity contribution in [3.63, 3.8) is 0 Å². The average Bonchev–Trinajstić information content (AvgIpc) is 2.50. The molecule has 1 amide bonds. The summed E-state index contributed by atoms with van der Waals surface area (Å²) in [6.45, 7) is 1.89. The van der Waals surface area contributed by atoms with Gasteiger partial charge in [0.25, 0.3) is 5.91 Å². The molecule has 0 saturated carbocycles. The zero-order valence-corrected chi connectivity index (χ0v) is 14.9. The van der Waals surface area contributed by atoms with Crippen molar-refractivity contribution >= 4 is 47.4 Å². The van der Waals surface area contributed by atoms with E-state index in [1.165, 1.54) is 24.3 Å². The van der Waals surface area contributed by atoms with Crippen LogP contribution in [0.3, 0.4) is 0 Å². The Balaban J connectivity index is 0.00000484. The zero-order chi connectivity index (χ0) is 16.5. The van der Waals surface area contributed by atoms with Crippen LogP contribution in [-0.2, 0) is 14.7 Å². The summed E-state index contributed by atoms with van der Waals surface area (Å²) < 4.78 is 0. The number of carboxylic acid groups (broad SMARTS) is 2. The van der Waals surface area contributed by atoms with Crippen molar-refractivity contribution in [2.75, 3.05) is 0 Å². The Morgan fingerprint density at radius 3 is 2.30 bits per heavy atom. The van der Waals surface area contributed by atoms with Gasteiger partial charge < -0.3 is 10.2 Å². The molecule has 1 rings (SSSR count). The molecule has 0 aliphatic rings. The first-order chi connectivity index (χ1) is 10.5. The molecule has 3 N–H and O–H groups in total. The Morgan fingerprint density at radius 1 is 1.17 bits per heavy atom. The molecule has 121 valence electrons. The Kier molecular flexibility index (Phi) is 10.4. The molecule has 23 heavy (non-hydrogen) atoms. The third-order valence-electron chi connectivity index (χ3n) is 2.80. The fraction of sp³-hybridized carbons (Fsp3) is 0.357. The van der Waals surface area contributed by atoms with Gasteiger partial charge >= 0.3 is 11.9 Å². The fourth-order valence-corrected chi connectivity index (χ4v) is 1.64. The standard InChI is InChI=1S/C14H17NO7.Na/c1-2-3-8-11(14(19)20)21-22-15-12(16)9-6-4-5-7-10(9)13(17)18;/h4-7,11H,2-3,8H2,1H3,(H,15,16)(H,17,18)(H,19,20);. The van der Waals surface area contributed by atoms with Crippen LogP contribution in [0.2, 0.25) is 0 Å². The van der Waals surface area contributed by atoms with Gasteiger partial charge in [0, 0.05) is 29.6 Å². The van der Waals surface area contributed by atoms with E-state index in [0.29, 0.717) is 6.42 Å². The Labute approximate surface area is 154 Å². The van der Waals surface area contributed by atoms with Crippen molar-refractivity contribution in [3.8, 4) is 0 Å². The zero-order valence-electron chi connectivity index (χ0n) is 12.9. The molecule has 9 heteroatoms. The number of aromatic carboxylic acids is 1. The number of nitrogens with one attached hydrogen (secondary N) is 1. The first kappa shape index (κ1) is 21.6. The van der Waals surface area contributed by atoms with E-state index in [1.807, 2.05) is 12.4 Å². The van der Waals surface area contributed by atoms with Gasteiger partial charge in [0.15, 0.2) is 6.10 Å². The second-order valence-corrected chi connectivity index (χ2v) is 4.43.